The summed E-state index contributed by atoms with van der Waals surface area (Å²) in [6.07, 6.45) is 12.7. The number of hydrogen-bond acceptors (Lipinski definition) is 3. The molecule has 21 heavy (non-hydrogen) atoms. The fraction of sp³-hybridized carbons (Fsp3) is 0.562. The molecule has 0 spiro atoms. The van der Waals surface area contributed by atoms with Gasteiger partial charge in [-0.05, 0) is 44.1 Å². The number of hydrogen-bond donors (Lipinski definition) is 1. The van der Waals surface area contributed by atoms with Gasteiger partial charge in [0.2, 0.25) is 0 Å². The van der Waals surface area contributed by atoms with Gasteiger partial charge >= 0.3 is 0 Å². The van der Waals surface area contributed by atoms with E-state index in [-0.39, 0.29) is 5.91 Å². The molecule has 5 nitrogen and oxygen atoms in total. The van der Waals surface area contributed by atoms with Crippen molar-refractivity contribution in [2.45, 2.75) is 57.4 Å². The Morgan fingerprint density at radius 1 is 1.14 bits per heavy atom. The van der Waals surface area contributed by atoms with Gasteiger partial charge in [-0.1, -0.05) is 12.8 Å². The van der Waals surface area contributed by atoms with Gasteiger partial charge in [0, 0.05) is 17.9 Å². The number of aryl methyl sites for hydroxylation is 2. The van der Waals surface area contributed by atoms with Crippen LogP contribution >= 0.6 is 0 Å². The van der Waals surface area contributed by atoms with Gasteiger partial charge < -0.3 is 5.32 Å². The lowest BCUT2D eigenvalue weighted by molar-refractivity contribution is 0.0939. The van der Waals surface area contributed by atoms with E-state index in [4.69, 9.17) is 0 Å². The predicted octanol–water partition coefficient (Wildman–Crippen LogP) is 2.28. The molecule has 2 aliphatic rings. The Hall–Kier alpha value is -1.91. The van der Waals surface area contributed by atoms with Crippen LogP contribution in [-0.4, -0.2) is 26.5 Å². The van der Waals surface area contributed by atoms with Gasteiger partial charge in [0.15, 0.2) is 5.65 Å². The van der Waals surface area contributed by atoms with Crippen LogP contribution in [0.3, 0.4) is 0 Å². The van der Waals surface area contributed by atoms with E-state index in [1.54, 1.807) is 6.20 Å². The first kappa shape index (κ1) is 12.8. The topological polar surface area (TPSA) is 59.3 Å². The van der Waals surface area contributed by atoms with Gasteiger partial charge in [-0.2, -0.15) is 5.10 Å². The number of carbonyl (C=O) groups is 1. The summed E-state index contributed by atoms with van der Waals surface area (Å²) in [5.74, 6) is -0.0276. The second kappa shape index (κ2) is 5.13. The quantitative estimate of drug-likeness (QED) is 0.920. The molecule has 1 fully saturated rings. The molecular formula is C16H20N4O. The zero-order chi connectivity index (χ0) is 14.2. The van der Waals surface area contributed by atoms with Crippen LogP contribution < -0.4 is 5.32 Å². The Morgan fingerprint density at radius 3 is 2.81 bits per heavy atom. The fourth-order valence-electron chi connectivity index (χ4n) is 3.59. The van der Waals surface area contributed by atoms with Crippen molar-refractivity contribution in [2.75, 3.05) is 0 Å². The van der Waals surface area contributed by atoms with Crippen molar-refractivity contribution < 1.29 is 4.79 Å². The maximum absolute atomic E-state index is 12.4. The summed E-state index contributed by atoms with van der Waals surface area (Å²) < 4.78 is 1.87. The van der Waals surface area contributed by atoms with Crippen LogP contribution in [-0.2, 0) is 12.8 Å². The van der Waals surface area contributed by atoms with Crippen molar-refractivity contribution in [3.63, 3.8) is 0 Å². The molecule has 2 aromatic heterocycles. The average Bonchev–Trinajstić information content (AvgIpc) is 3.15. The van der Waals surface area contributed by atoms with E-state index >= 15 is 0 Å². The maximum atomic E-state index is 12.4. The van der Waals surface area contributed by atoms with Gasteiger partial charge in [-0.3, -0.25) is 4.79 Å². The third-order valence-electron chi connectivity index (χ3n) is 4.76. The number of rotatable bonds is 2. The molecule has 2 aromatic rings. The molecule has 0 aliphatic heterocycles. The Balaban J connectivity index is 1.68. The molecule has 0 radical (unpaired) electrons. The first-order chi connectivity index (χ1) is 10.3. The number of nitrogens with one attached hydrogen (secondary N) is 1. The second-order valence-corrected chi connectivity index (χ2v) is 6.19. The van der Waals surface area contributed by atoms with Gasteiger partial charge in [-0.25, -0.2) is 9.50 Å². The van der Waals surface area contributed by atoms with Crippen molar-refractivity contribution in [1.82, 2.24) is 19.9 Å². The van der Waals surface area contributed by atoms with Crippen molar-refractivity contribution in [2.24, 2.45) is 0 Å². The normalized spacial score (nSPS) is 18.9. The average molecular weight is 284 g/mol. The highest BCUT2D eigenvalue weighted by Crippen LogP contribution is 2.23. The smallest absolute Gasteiger partial charge is 0.256 e. The summed E-state index contributed by atoms with van der Waals surface area (Å²) in [7, 11) is 0. The summed E-state index contributed by atoms with van der Waals surface area (Å²) in [6, 6.07) is 0.324. The van der Waals surface area contributed by atoms with E-state index in [1.165, 1.54) is 36.9 Å². The number of fused-ring (bicyclic) bond motifs is 3. The monoisotopic (exact) mass is 284 g/mol. The predicted molar refractivity (Wildman–Crippen MR) is 79.4 cm³/mol. The van der Waals surface area contributed by atoms with Crippen molar-refractivity contribution >= 4 is 11.6 Å². The SMILES string of the molecule is O=C(NC1CCCC1)c1cnn2c3c(cnc12)CCCC3. The standard InChI is InChI=1S/C16H20N4O/c21-16(19-12-6-2-3-7-12)13-10-18-20-14-8-4-1-5-11(14)9-17-15(13)20/h9-10,12H,1-8H2,(H,19,21). The van der Waals surface area contributed by atoms with Crippen LogP contribution in [0.4, 0.5) is 0 Å². The summed E-state index contributed by atoms with van der Waals surface area (Å²) in [5, 5.41) is 7.54. The van der Waals surface area contributed by atoms with E-state index in [2.05, 4.69) is 15.4 Å². The van der Waals surface area contributed by atoms with E-state index in [0.29, 0.717) is 17.3 Å². The summed E-state index contributed by atoms with van der Waals surface area (Å²) in [6.45, 7) is 0. The molecule has 1 N–H and O–H groups in total. The lowest BCUT2D eigenvalue weighted by Crippen LogP contribution is -2.32. The van der Waals surface area contributed by atoms with Crippen molar-refractivity contribution in [3.05, 3.63) is 29.2 Å². The largest absolute Gasteiger partial charge is 0.349 e. The van der Waals surface area contributed by atoms with Gasteiger partial charge in [0.1, 0.15) is 5.56 Å². The molecule has 0 bridgehead atoms. The highest BCUT2D eigenvalue weighted by molar-refractivity contribution is 5.99. The van der Waals surface area contributed by atoms with E-state index in [1.807, 2.05) is 10.7 Å². The third-order valence-corrected chi connectivity index (χ3v) is 4.76. The molecule has 110 valence electrons. The minimum Gasteiger partial charge on any atom is -0.349 e. The molecule has 1 amide bonds. The number of nitrogens with zero attached hydrogens (tertiary/aromatic N) is 3. The van der Waals surface area contributed by atoms with Crippen molar-refractivity contribution in [1.29, 1.82) is 0 Å². The zero-order valence-corrected chi connectivity index (χ0v) is 12.1. The summed E-state index contributed by atoms with van der Waals surface area (Å²) in [5.41, 5.74) is 3.81. The molecule has 0 aromatic carbocycles. The first-order valence-electron chi connectivity index (χ1n) is 7.98. The number of carbonyl (C=O) groups excluding carboxylic acids is 1. The molecule has 2 heterocycles. The van der Waals surface area contributed by atoms with Gasteiger partial charge in [0.05, 0.1) is 6.20 Å². The lowest BCUT2D eigenvalue weighted by atomic mass is 9.97. The van der Waals surface area contributed by atoms with Gasteiger partial charge in [-0.15, -0.1) is 0 Å². The molecule has 2 aliphatic carbocycles. The van der Waals surface area contributed by atoms with Crippen LogP contribution in [0.15, 0.2) is 12.4 Å². The Labute approximate surface area is 123 Å². The third kappa shape index (κ3) is 2.20. The highest BCUT2D eigenvalue weighted by Gasteiger charge is 2.22. The lowest BCUT2D eigenvalue weighted by Gasteiger charge is -2.16. The molecule has 0 saturated heterocycles. The zero-order valence-electron chi connectivity index (χ0n) is 12.1. The van der Waals surface area contributed by atoms with Crippen molar-refractivity contribution in [3.8, 4) is 0 Å². The van der Waals surface area contributed by atoms with Crippen LogP contribution in [0, 0.1) is 0 Å². The molecule has 0 unspecified atom stereocenters. The van der Waals surface area contributed by atoms with Crippen LogP contribution in [0.25, 0.3) is 5.65 Å². The second-order valence-electron chi connectivity index (χ2n) is 6.19. The molecule has 0 atom stereocenters. The van der Waals surface area contributed by atoms with Crippen LogP contribution in [0.5, 0.6) is 0 Å². The number of amides is 1. The minimum atomic E-state index is -0.0276. The number of aromatic nitrogens is 3. The van der Waals surface area contributed by atoms with Crippen LogP contribution in [0.2, 0.25) is 0 Å². The van der Waals surface area contributed by atoms with Gasteiger partial charge in [0.25, 0.3) is 5.91 Å². The minimum absolute atomic E-state index is 0.0276. The van der Waals surface area contributed by atoms with E-state index < -0.39 is 0 Å². The van der Waals surface area contributed by atoms with Crippen LogP contribution in [0.1, 0.15) is 60.1 Å². The maximum Gasteiger partial charge on any atom is 0.256 e. The Morgan fingerprint density at radius 2 is 1.95 bits per heavy atom. The van der Waals surface area contributed by atoms with E-state index in [9.17, 15) is 4.79 Å². The molecule has 4 rings (SSSR count). The molecular weight excluding hydrogens is 264 g/mol. The molecule has 1 saturated carbocycles. The molecule has 5 heteroatoms. The first-order valence-corrected chi connectivity index (χ1v) is 7.98. The fourth-order valence-corrected chi connectivity index (χ4v) is 3.59. The van der Waals surface area contributed by atoms with E-state index in [0.717, 1.165) is 25.7 Å². The summed E-state index contributed by atoms with van der Waals surface area (Å²) in [4.78, 5) is 16.9. The summed E-state index contributed by atoms with van der Waals surface area (Å²) >= 11 is 0. The highest BCUT2D eigenvalue weighted by atomic mass is 16.1. The Bertz CT molecular complexity index is 685. The Kier molecular flexibility index (Phi) is 3.13.